The first-order chi connectivity index (χ1) is 9.47. The van der Waals surface area contributed by atoms with Crippen molar-refractivity contribution in [2.75, 3.05) is 5.32 Å². The van der Waals surface area contributed by atoms with Crippen molar-refractivity contribution >= 4 is 29.3 Å². The van der Waals surface area contributed by atoms with E-state index >= 15 is 0 Å². The maximum Gasteiger partial charge on any atom is 0.319 e. The lowest BCUT2D eigenvalue weighted by Gasteiger charge is -2.38. The number of urea groups is 1. The number of aryl methyl sites for hydroxylation is 1. The van der Waals surface area contributed by atoms with Crippen molar-refractivity contribution in [3.63, 3.8) is 0 Å². The van der Waals surface area contributed by atoms with Gasteiger partial charge in [-0.2, -0.15) is 0 Å². The molecule has 0 aliphatic carbocycles. The van der Waals surface area contributed by atoms with Gasteiger partial charge in [-0.1, -0.05) is 17.7 Å². The summed E-state index contributed by atoms with van der Waals surface area (Å²) in [5.41, 5.74) is -0.627. The van der Waals surface area contributed by atoms with Crippen LogP contribution in [0.5, 0.6) is 0 Å². The molecule has 0 aliphatic heterocycles. The van der Waals surface area contributed by atoms with E-state index in [9.17, 15) is 14.7 Å². The normalized spacial score (nSPS) is 11.9. The van der Waals surface area contributed by atoms with Crippen molar-refractivity contribution in [1.82, 2.24) is 5.32 Å². The van der Waals surface area contributed by atoms with Gasteiger partial charge in [-0.15, -0.1) is 0 Å². The maximum absolute atomic E-state index is 12.1. The highest BCUT2D eigenvalue weighted by Gasteiger charge is 2.44. The van der Waals surface area contributed by atoms with Gasteiger partial charge in [0.1, 0.15) is 0 Å². The zero-order valence-corrected chi connectivity index (χ0v) is 13.6. The van der Waals surface area contributed by atoms with Crippen molar-refractivity contribution in [2.45, 2.75) is 40.2 Å². The van der Waals surface area contributed by atoms with Gasteiger partial charge in [0.25, 0.3) is 0 Å². The van der Waals surface area contributed by atoms with E-state index in [4.69, 9.17) is 11.6 Å². The minimum absolute atomic E-state index is 0.422. The molecule has 1 aromatic rings. The molecule has 5 nitrogen and oxygen atoms in total. The van der Waals surface area contributed by atoms with Crippen LogP contribution in [0.4, 0.5) is 10.5 Å². The van der Waals surface area contributed by atoms with Crippen molar-refractivity contribution in [3.05, 3.63) is 28.8 Å². The number of hydrogen-bond donors (Lipinski definition) is 3. The summed E-state index contributed by atoms with van der Waals surface area (Å²) in [6, 6.07) is 4.78. The molecule has 0 aliphatic rings. The van der Waals surface area contributed by atoms with Crippen LogP contribution in [0.15, 0.2) is 18.2 Å². The molecule has 1 aromatic carbocycles. The molecular formula is C15H21ClN2O3. The fourth-order valence-corrected chi connectivity index (χ4v) is 1.76. The Morgan fingerprint density at radius 2 is 1.76 bits per heavy atom. The predicted octanol–water partition coefficient (Wildman–Crippen LogP) is 3.66. The summed E-state index contributed by atoms with van der Waals surface area (Å²) in [7, 11) is 0. The number of amides is 2. The van der Waals surface area contributed by atoms with E-state index < -0.39 is 23.0 Å². The molecule has 2 amide bonds. The molecule has 0 fully saturated rings. The molecule has 0 bridgehead atoms. The van der Waals surface area contributed by atoms with Gasteiger partial charge in [0, 0.05) is 0 Å². The first-order valence-electron chi connectivity index (χ1n) is 6.56. The SMILES string of the molecule is Cc1ccc(Cl)c(NC(=O)NC(C)(C)C(C)(C)C(=O)O)c1. The van der Waals surface area contributed by atoms with E-state index in [1.165, 1.54) is 0 Å². The number of carbonyl (C=O) groups excluding carboxylic acids is 1. The quantitative estimate of drug-likeness (QED) is 0.794. The zero-order chi connectivity index (χ0) is 16.4. The molecule has 0 unspecified atom stereocenters. The van der Waals surface area contributed by atoms with E-state index in [2.05, 4.69) is 10.6 Å². The number of benzene rings is 1. The second kappa shape index (κ2) is 5.93. The van der Waals surface area contributed by atoms with Gasteiger partial charge < -0.3 is 15.7 Å². The third kappa shape index (κ3) is 3.88. The van der Waals surface area contributed by atoms with E-state index in [-0.39, 0.29) is 0 Å². The third-order valence-electron chi connectivity index (χ3n) is 3.89. The highest BCUT2D eigenvalue weighted by atomic mass is 35.5. The molecule has 0 saturated carbocycles. The molecular weight excluding hydrogens is 292 g/mol. The minimum atomic E-state index is -1.12. The van der Waals surface area contributed by atoms with Crippen LogP contribution in [0.25, 0.3) is 0 Å². The molecule has 6 heteroatoms. The molecule has 1 rings (SSSR count). The first kappa shape index (κ1) is 17.3. The van der Waals surface area contributed by atoms with Gasteiger partial charge in [0.2, 0.25) is 0 Å². The summed E-state index contributed by atoms with van der Waals surface area (Å²) in [5, 5.41) is 15.0. The van der Waals surface area contributed by atoms with Gasteiger partial charge in [0.15, 0.2) is 0 Å². The van der Waals surface area contributed by atoms with Crippen LogP contribution in [-0.2, 0) is 4.79 Å². The van der Waals surface area contributed by atoms with Crippen molar-refractivity contribution in [3.8, 4) is 0 Å². The van der Waals surface area contributed by atoms with Gasteiger partial charge in [-0.25, -0.2) is 4.79 Å². The number of halogens is 1. The number of hydrogen-bond acceptors (Lipinski definition) is 2. The van der Waals surface area contributed by atoms with Crippen LogP contribution in [0.1, 0.15) is 33.3 Å². The van der Waals surface area contributed by atoms with E-state index in [1.54, 1.807) is 39.8 Å². The lowest BCUT2D eigenvalue weighted by Crippen LogP contribution is -2.57. The summed E-state index contributed by atoms with van der Waals surface area (Å²) < 4.78 is 0. The first-order valence-corrected chi connectivity index (χ1v) is 6.94. The van der Waals surface area contributed by atoms with Crippen LogP contribution in [0, 0.1) is 12.3 Å². The summed E-state index contributed by atoms with van der Waals surface area (Å²) in [6.07, 6.45) is 0. The number of aliphatic carboxylic acids is 1. The average molecular weight is 313 g/mol. The molecule has 0 aromatic heterocycles. The Labute approximate surface area is 129 Å². The average Bonchev–Trinajstić information content (AvgIpc) is 2.32. The molecule has 0 atom stereocenters. The smallest absolute Gasteiger partial charge is 0.319 e. The van der Waals surface area contributed by atoms with E-state index in [0.717, 1.165) is 5.56 Å². The number of carboxylic acids is 1. The Kier molecular flexibility index (Phi) is 4.89. The second-order valence-electron chi connectivity index (χ2n) is 6.12. The summed E-state index contributed by atoms with van der Waals surface area (Å²) in [5.74, 6) is -0.985. The summed E-state index contributed by atoms with van der Waals surface area (Å²) in [6.45, 7) is 8.35. The lowest BCUT2D eigenvalue weighted by atomic mass is 9.74. The molecule has 0 radical (unpaired) electrons. The van der Waals surface area contributed by atoms with Crippen molar-refractivity contribution < 1.29 is 14.7 Å². The van der Waals surface area contributed by atoms with Crippen LogP contribution in [0.3, 0.4) is 0 Å². The fraction of sp³-hybridized carbons (Fsp3) is 0.467. The number of rotatable bonds is 4. The molecule has 3 N–H and O–H groups in total. The minimum Gasteiger partial charge on any atom is -0.481 e. The molecule has 116 valence electrons. The highest BCUT2D eigenvalue weighted by molar-refractivity contribution is 6.33. The Morgan fingerprint density at radius 1 is 1.19 bits per heavy atom. The summed E-state index contributed by atoms with van der Waals surface area (Å²) in [4.78, 5) is 23.4. The molecule has 0 spiro atoms. The van der Waals surface area contributed by atoms with E-state index in [1.807, 2.05) is 13.0 Å². The Balaban J connectivity index is 2.87. The summed E-state index contributed by atoms with van der Waals surface area (Å²) >= 11 is 6.02. The van der Waals surface area contributed by atoms with Gasteiger partial charge in [0.05, 0.1) is 21.7 Å². The number of carbonyl (C=O) groups is 2. The second-order valence-corrected chi connectivity index (χ2v) is 6.52. The van der Waals surface area contributed by atoms with E-state index in [0.29, 0.717) is 10.7 Å². The lowest BCUT2D eigenvalue weighted by molar-refractivity contribution is -0.150. The monoisotopic (exact) mass is 312 g/mol. The Morgan fingerprint density at radius 3 is 2.29 bits per heavy atom. The maximum atomic E-state index is 12.1. The Hall–Kier alpha value is -1.75. The number of anilines is 1. The molecule has 21 heavy (non-hydrogen) atoms. The predicted molar refractivity (Wildman–Crippen MR) is 83.8 cm³/mol. The third-order valence-corrected chi connectivity index (χ3v) is 4.22. The standard InChI is InChI=1S/C15H21ClN2O3/c1-9-6-7-10(16)11(8-9)17-13(21)18-15(4,5)14(2,3)12(19)20/h6-8H,1-5H3,(H,19,20)(H2,17,18,21). The Bertz CT molecular complexity index is 568. The van der Waals surface area contributed by atoms with Gasteiger partial charge in [-0.3, -0.25) is 4.79 Å². The fourth-order valence-electron chi connectivity index (χ4n) is 1.60. The van der Waals surface area contributed by atoms with Gasteiger partial charge in [-0.05, 0) is 52.3 Å². The number of nitrogens with one attached hydrogen (secondary N) is 2. The van der Waals surface area contributed by atoms with Crippen molar-refractivity contribution in [2.24, 2.45) is 5.41 Å². The molecule has 0 heterocycles. The number of carboxylic acid groups (broad SMARTS) is 1. The van der Waals surface area contributed by atoms with Gasteiger partial charge >= 0.3 is 12.0 Å². The van der Waals surface area contributed by atoms with Crippen molar-refractivity contribution in [1.29, 1.82) is 0 Å². The topological polar surface area (TPSA) is 78.4 Å². The zero-order valence-electron chi connectivity index (χ0n) is 12.9. The van der Waals surface area contributed by atoms with Crippen LogP contribution >= 0.6 is 11.6 Å². The highest BCUT2D eigenvalue weighted by Crippen LogP contribution is 2.31. The van der Waals surface area contributed by atoms with Crippen LogP contribution in [-0.4, -0.2) is 22.6 Å². The van der Waals surface area contributed by atoms with Crippen LogP contribution < -0.4 is 10.6 Å². The largest absolute Gasteiger partial charge is 0.481 e. The molecule has 0 saturated heterocycles. The van der Waals surface area contributed by atoms with Crippen LogP contribution in [0.2, 0.25) is 5.02 Å².